The number of thiazole rings is 1. The van der Waals surface area contributed by atoms with Gasteiger partial charge in [0.05, 0.1) is 21.7 Å². The van der Waals surface area contributed by atoms with Gasteiger partial charge in [0.1, 0.15) is 0 Å². The minimum atomic E-state index is -0.515. The molecule has 1 heterocycles. The molecule has 7 nitrogen and oxygen atoms in total. The Labute approximate surface area is 173 Å². The summed E-state index contributed by atoms with van der Waals surface area (Å²) in [5.41, 5.74) is 1.55. The molecule has 0 atom stereocenters. The van der Waals surface area contributed by atoms with E-state index >= 15 is 0 Å². The second kappa shape index (κ2) is 8.76. The topological polar surface area (TPSA) is 86.7 Å². The van der Waals surface area contributed by atoms with Gasteiger partial charge in [0.15, 0.2) is 4.80 Å². The first-order valence-corrected chi connectivity index (χ1v) is 10.2. The summed E-state index contributed by atoms with van der Waals surface area (Å²) in [6.45, 7) is 5.21. The first kappa shape index (κ1) is 20.4. The molecule has 3 aromatic rings. The second-order valence-corrected chi connectivity index (χ2v) is 7.95. The number of hydrogen-bond acceptors (Lipinski definition) is 5. The largest absolute Gasteiger partial charge is 0.380 e. The summed E-state index contributed by atoms with van der Waals surface area (Å²) in [6.07, 6.45) is 0. The van der Waals surface area contributed by atoms with Crippen molar-refractivity contribution in [2.45, 2.75) is 20.4 Å². The first-order chi connectivity index (χ1) is 13.4. The van der Waals surface area contributed by atoms with Crippen LogP contribution < -0.4 is 4.80 Å². The molecule has 2 aromatic carbocycles. The van der Waals surface area contributed by atoms with E-state index in [-0.39, 0.29) is 11.3 Å². The fourth-order valence-corrected chi connectivity index (χ4v) is 4.35. The average molecular weight is 464 g/mol. The normalized spacial score (nSPS) is 11.9. The summed E-state index contributed by atoms with van der Waals surface area (Å²) < 4.78 is 9.30. The fraction of sp³-hybridized carbons (Fsp3) is 0.263. The number of carbonyl (C=O) groups is 1. The van der Waals surface area contributed by atoms with E-state index in [2.05, 4.69) is 20.9 Å². The van der Waals surface area contributed by atoms with Gasteiger partial charge in [-0.25, -0.2) is 0 Å². The molecular weight excluding hydrogens is 446 g/mol. The third kappa shape index (κ3) is 4.37. The highest BCUT2D eigenvalue weighted by molar-refractivity contribution is 9.10. The van der Waals surface area contributed by atoms with E-state index in [0.29, 0.717) is 30.1 Å². The molecule has 3 rings (SSSR count). The van der Waals surface area contributed by atoms with Gasteiger partial charge in [-0.3, -0.25) is 14.9 Å². The van der Waals surface area contributed by atoms with E-state index in [9.17, 15) is 14.9 Å². The molecule has 0 spiro atoms. The lowest BCUT2D eigenvalue weighted by molar-refractivity contribution is -0.385. The van der Waals surface area contributed by atoms with Crippen LogP contribution in [0, 0.1) is 17.0 Å². The molecule has 0 radical (unpaired) electrons. The highest BCUT2D eigenvalue weighted by Crippen LogP contribution is 2.23. The molecule has 0 N–H and O–H groups in total. The number of aromatic nitrogens is 1. The number of aryl methyl sites for hydroxylation is 1. The number of nitro groups is 1. The number of halogens is 1. The number of rotatable bonds is 6. The van der Waals surface area contributed by atoms with Gasteiger partial charge in [0, 0.05) is 34.8 Å². The first-order valence-electron chi connectivity index (χ1n) is 8.61. The van der Waals surface area contributed by atoms with Crippen LogP contribution in [0.2, 0.25) is 0 Å². The third-order valence-corrected chi connectivity index (χ3v) is 5.69. The van der Waals surface area contributed by atoms with Crippen molar-refractivity contribution in [3.05, 3.63) is 66.9 Å². The van der Waals surface area contributed by atoms with Crippen LogP contribution in [-0.4, -0.2) is 28.6 Å². The van der Waals surface area contributed by atoms with Crippen molar-refractivity contribution in [2.24, 2.45) is 4.99 Å². The number of nitro benzene ring substituents is 1. The molecule has 0 fully saturated rings. The lowest BCUT2D eigenvalue weighted by atomic mass is 10.1. The Hall–Kier alpha value is -2.36. The highest BCUT2D eigenvalue weighted by atomic mass is 79.9. The highest BCUT2D eigenvalue weighted by Gasteiger charge is 2.15. The zero-order valence-corrected chi connectivity index (χ0v) is 17.7. The summed E-state index contributed by atoms with van der Waals surface area (Å²) in [5.74, 6) is -0.515. The number of fused-ring (bicyclic) bond motifs is 1. The summed E-state index contributed by atoms with van der Waals surface area (Å²) in [5, 5.41) is 11.1. The second-order valence-electron chi connectivity index (χ2n) is 6.02. The zero-order valence-electron chi connectivity index (χ0n) is 15.3. The van der Waals surface area contributed by atoms with Gasteiger partial charge < -0.3 is 9.30 Å². The molecule has 1 aromatic heterocycles. The standard InChI is InChI=1S/C19H18BrN3O4S/c1-3-27-9-8-22-15-7-6-14(20)11-17(15)28-19(22)21-18(24)13-5-4-12(2)16(10-13)23(25)26/h4-7,10-11H,3,8-9H2,1-2H3. The van der Waals surface area contributed by atoms with Gasteiger partial charge in [0.2, 0.25) is 0 Å². The van der Waals surface area contributed by atoms with E-state index in [1.807, 2.05) is 29.7 Å². The molecule has 0 aliphatic heterocycles. The van der Waals surface area contributed by atoms with E-state index < -0.39 is 10.8 Å². The molecule has 146 valence electrons. The van der Waals surface area contributed by atoms with Crippen molar-refractivity contribution < 1.29 is 14.5 Å². The maximum atomic E-state index is 12.7. The summed E-state index contributed by atoms with van der Waals surface area (Å²) in [4.78, 5) is 28.1. The van der Waals surface area contributed by atoms with Crippen LogP contribution in [0.3, 0.4) is 0 Å². The van der Waals surface area contributed by atoms with Crippen LogP contribution in [0.1, 0.15) is 22.8 Å². The smallest absolute Gasteiger partial charge is 0.279 e. The van der Waals surface area contributed by atoms with Gasteiger partial charge in [0.25, 0.3) is 11.6 Å². The SMILES string of the molecule is CCOCCn1c(=NC(=O)c2ccc(C)c([N+](=O)[O-])c2)sc2cc(Br)ccc21. The molecule has 0 saturated carbocycles. The predicted octanol–water partition coefficient (Wildman–Crippen LogP) is 4.46. The number of nitrogens with zero attached hydrogens (tertiary/aromatic N) is 3. The van der Waals surface area contributed by atoms with Gasteiger partial charge in [-0.05, 0) is 38.1 Å². The molecule has 0 aliphatic rings. The molecule has 9 heteroatoms. The number of ether oxygens (including phenoxy) is 1. The van der Waals surface area contributed by atoms with Crippen molar-refractivity contribution in [1.29, 1.82) is 0 Å². The van der Waals surface area contributed by atoms with Crippen molar-refractivity contribution in [1.82, 2.24) is 4.57 Å². The Balaban J connectivity index is 2.07. The van der Waals surface area contributed by atoms with E-state index in [4.69, 9.17) is 4.74 Å². The molecule has 0 unspecified atom stereocenters. The van der Waals surface area contributed by atoms with Crippen LogP contribution in [0.25, 0.3) is 10.2 Å². The number of benzene rings is 2. The van der Waals surface area contributed by atoms with E-state index in [0.717, 1.165) is 14.7 Å². The monoisotopic (exact) mass is 463 g/mol. The Kier molecular flexibility index (Phi) is 6.38. The quantitative estimate of drug-likeness (QED) is 0.306. The molecule has 0 bridgehead atoms. The van der Waals surface area contributed by atoms with Crippen LogP contribution in [0.4, 0.5) is 5.69 Å². The minimum Gasteiger partial charge on any atom is -0.380 e. The Morgan fingerprint density at radius 3 is 2.82 bits per heavy atom. The molecule has 0 saturated heterocycles. The van der Waals surface area contributed by atoms with Gasteiger partial charge >= 0.3 is 0 Å². The Bertz CT molecular complexity index is 1120. The minimum absolute atomic E-state index is 0.0921. The van der Waals surface area contributed by atoms with Crippen molar-refractivity contribution >= 4 is 49.1 Å². The summed E-state index contributed by atoms with van der Waals surface area (Å²) in [6, 6.07) is 10.3. The number of hydrogen-bond donors (Lipinski definition) is 0. The van der Waals surface area contributed by atoms with Gasteiger partial charge in [-0.1, -0.05) is 33.3 Å². The fourth-order valence-electron chi connectivity index (χ4n) is 2.74. The van der Waals surface area contributed by atoms with Crippen molar-refractivity contribution in [3.63, 3.8) is 0 Å². The summed E-state index contributed by atoms with van der Waals surface area (Å²) in [7, 11) is 0. The lowest BCUT2D eigenvalue weighted by Crippen LogP contribution is -2.19. The van der Waals surface area contributed by atoms with Gasteiger partial charge in [-0.15, -0.1) is 0 Å². The van der Waals surface area contributed by atoms with Crippen LogP contribution in [0.15, 0.2) is 45.9 Å². The Morgan fingerprint density at radius 1 is 1.32 bits per heavy atom. The van der Waals surface area contributed by atoms with Crippen molar-refractivity contribution in [2.75, 3.05) is 13.2 Å². The van der Waals surface area contributed by atoms with Crippen LogP contribution >= 0.6 is 27.3 Å². The lowest BCUT2D eigenvalue weighted by Gasteiger charge is -2.05. The molecule has 28 heavy (non-hydrogen) atoms. The van der Waals surface area contributed by atoms with Crippen LogP contribution in [-0.2, 0) is 11.3 Å². The zero-order chi connectivity index (χ0) is 20.3. The molecule has 1 amide bonds. The van der Waals surface area contributed by atoms with E-state index in [1.165, 1.54) is 17.4 Å². The maximum Gasteiger partial charge on any atom is 0.279 e. The molecule has 0 aliphatic carbocycles. The number of carbonyl (C=O) groups excluding carboxylic acids is 1. The van der Waals surface area contributed by atoms with Crippen LogP contribution in [0.5, 0.6) is 0 Å². The summed E-state index contributed by atoms with van der Waals surface area (Å²) >= 11 is 4.85. The predicted molar refractivity (Wildman–Crippen MR) is 112 cm³/mol. The van der Waals surface area contributed by atoms with Gasteiger partial charge in [-0.2, -0.15) is 4.99 Å². The molecular formula is C19H18BrN3O4S. The van der Waals surface area contributed by atoms with E-state index in [1.54, 1.807) is 19.1 Å². The average Bonchev–Trinajstić information content (AvgIpc) is 2.98. The maximum absolute atomic E-state index is 12.7. The van der Waals surface area contributed by atoms with Crippen molar-refractivity contribution in [3.8, 4) is 0 Å². The number of amides is 1. The third-order valence-electron chi connectivity index (χ3n) is 4.16. The Morgan fingerprint density at radius 2 is 2.11 bits per heavy atom.